The molecule has 1 amide bonds. The Morgan fingerprint density at radius 2 is 1.97 bits per heavy atom. The topological polar surface area (TPSA) is 75.9 Å². The van der Waals surface area contributed by atoms with Crippen LogP contribution in [0.15, 0.2) is 36.4 Å². The van der Waals surface area contributed by atoms with Crippen LogP contribution in [0.2, 0.25) is 0 Å². The van der Waals surface area contributed by atoms with Gasteiger partial charge in [0.15, 0.2) is 17.6 Å². The maximum atomic E-state index is 13.2. The largest absolute Gasteiger partial charge is 0.363 e. The van der Waals surface area contributed by atoms with Crippen molar-refractivity contribution in [3.8, 4) is 0 Å². The van der Waals surface area contributed by atoms with Gasteiger partial charge >= 0.3 is 0 Å². The van der Waals surface area contributed by atoms with Gasteiger partial charge in [-0.15, -0.1) is 15.3 Å². The first-order valence-corrected chi connectivity index (χ1v) is 10.1. The summed E-state index contributed by atoms with van der Waals surface area (Å²) in [4.78, 5) is 17.4. The van der Waals surface area contributed by atoms with Crippen molar-refractivity contribution in [2.75, 3.05) is 37.7 Å². The highest BCUT2D eigenvalue weighted by molar-refractivity contribution is 5.83. The van der Waals surface area contributed by atoms with Crippen molar-refractivity contribution in [1.82, 2.24) is 24.7 Å². The van der Waals surface area contributed by atoms with E-state index in [-0.39, 0.29) is 5.91 Å². The Bertz CT molecular complexity index is 1050. The van der Waals surface area contributed by atoms with Crippen LogP contribution >= 0.6 is 0 Å². The summed E-state index contributed by atoms with van der Waals surface area (Å²) in [6.45, 7) is 5.45. The van der Waals surface area contributed by atoms with E-state index >= 15 is 0 Å². The van der Waals surface area contributed by atoms with Crippen molar-refractivity contribution in [1.29, 1.82) is 0 Å². The highest BCUT2D eigenvalue weighted by Gasteiger charge is 2.32. The van der Waals surface area contributed by atoms with E-state index in [9.17, 15) is 4.79 Å². The van der Waals surface area contributed by atoms with Crippen molar-refractivity contribution >= 4 is 17.4 Å². The number of aryl methyl sites for hydroxylation is 1. The number of anilines is 1. The number of carbonyl (C=O) groups is 1. The molecule has 5 rings (SSSR count). The second kappa shape index (κ2) is 7.44. The molecule has 1 aromatic carbocycles. The third-order valence-corrected chi connectivity index (χ3v) is 5.75. The van der Waals surface area contributed by atoms with Crippen LogP contribution in [-0.2, 0) is 16.0 Å². The molecule has 0 bridgehead atoms. The number of carbonyl (C=O) groups excluding carboxylic acids is 1. The summed E-state index contributed by atoms with van der Waals surface area (Å²) in [5.74, 6) is 1.72. The molecule has 8 nitrogen and oxygen atoms in total. The van der Waals surface area contributed by atoms with Gasteiger partial charge in [0.1, 0.15) is 5.82 Å². The van der Waals surface area contributed by atoms with Crippen molar-refractivity contribution in [2.24, 2.45) is 0 Å². The smallest absolute Gasteiger partial charge is 0.256 e. The zero-order valence-corrected chi connectivity index (χ0v) is 16.5. The SMILES string of the molecule is Cc1nnc2ccc(N3CCCN(C(=O)C4OCCc5ccccc54)CC3)nn12. The van der Waals surface area contributed by atoms with Crippen LogP contribution in [0.25, 0.3) is 5.65 Å². The number of rotatable bonds is 2. The summed E-state index contributed by atoms with van der Waals surface area (Å²) in [5, 5.41) is 12.8. The van der Waals surface area contributed by atoms with Crippen LogP contribution in [0.3, 0.4) is 0 Å². The van der Waals surface area contributed by atoms with E-state index in [2.05, 4.69) is 26.3 Å². The average molecular weight is 392 g/mol. The lowest BCUT2D eigenvalue weighted by molar-refractivity contribution is -0.144. The number of hydrogen-bond donors (Lipinski definition) is 0. The van der Waals surface area contributed by atoms with Crippen molar-refractivity contribution in [3.63, 3.8) is 0 Å². The standard InChI is InChI=1S/C21H24N6O2/c1-15-22-23-18-7-8-19(24-27(15)18)25-10-4-11-26(13-12-25)21(28)20-17-6-3-2-5-16(17)9-14-29-20/h2-3,5-8,20H,4,9-14H2,1H3. The predicted molar refractivity (Wildman–Crippen MR) is 108 cm³/mol. The van der Waals surface area contributed by atoms with Crippen molar-refractivity contribution in [2.45, 2.75) is 25.9 Å². The summed E-state index contributed by atoms with van der Waals surface area (Å²) < 4.78 is 7.65. The van der Waals surface area contributed by atoms with Gasteiger partial charge in [0, 0.05) is 26.2 Å². The van der Waals surface area contributed by atoms with E-state index in [1.54, 1.807) is 4.52 Å². The number of hydrogen-bond acceptors (Lipinski definition) is 6. The maximum Gasteiger partial charge on any atom is 0.256 e. The fourth-order valence-corrected chi connectivity index (χ4v) is 4.19. The average Bonchev–Trinajstić information content (AvgIpc) is 2.97. The van der Waals surface area contributed by atoms with Gasteiger partial charge in [-0.1, -0.05) is 24.3 Å². The van der Waals surface area contributed by atoms with Gasteiger partial charge in [0.25, 0.3) is 5.91 Å². The molecule has 1 saturated heterocycles. The summed E-state index contributed by atoms with van der Waals surface area (Å²) >= 11 is 0. The first-order valence-electron chi connectivity index (χ1n) is 10.1. The minimum absolute atomic E-state index is 0.0667. The molecule has 29 heavy (non-hydrogen) atoms. The molecule has 3 aromatic rings. The minimum atomic E-state index is -0.486. The first-order chi connectivity index (χ1) is 14.2. The van der Waals surface area contributed by atoms with Crippen LogP contribution in [0.5, 0.6) is 0 Å². The van der Waals surface area contributed by atoms with Gasteiger partial charge in [-0.3, -0.25) is 4.79 Å². The molecule has 0 saturated carbocycles. The van der Waals surface area contributed by atoms with E-state index < -0.39 is 6.10 Å². The summed E-state index contributed by atoms with van der Waals surface area (Å²) in [6.07, 6.45) is 1.27. The van der Waals surface area contributed by atoms with Crippen LogP contribution < -0.4 is 4.90 Å². The lowest BCUT2D eigenvalue weighted by Crippen LogP contribution is -2.40. The highest BCUT2D eigenvalue weighted by Crippen LogP contribution is 2.29. The second-order valence-electron chi connectivity index (χ2n) is 7.57. The Morgan fingerprint density at radius 3 is 2.90 bits per heavy atom. The molecule has 0 N–H and O–H groups in total. The maximum absolute atomic E-state index is 13.2. The van der Waals surface area contributed by atoms with Crippen LogP contribution in [0.1, 0.15) is 29.5 Å². The molecule has 1 unspecified atom stereocenters. The number of aromatic nitrogens is 4. The van der Waals surface area contributed by atoms with Crippen molar-refractivity contribution < 1.29 is 9.53 Å². The monoisotopic (exact) mass is 392 g/mol. The molecular formula is C21H24N6O2. The van der Waals surface area contributed by atoms with E-state index in [0.29, 0.717) is 13.2 Å². The molecule has 2 aliphatic rings. The molecule has 150 valence electrons. The van der Waals surface area contributed by atoms with Gasteiger partial charge in [-0.05, 0) is 43.0 Å². The van der Waals surface area contributed by atoms with E-state index in [4.69, 9.17) is 4.74 Å². The normalized spacial score (nSPS) is 19.8. The zero-order valence-electron chi connectivity index (χ0n) is 16.5. The third-order valence-electron chi connectivity index (χ3n) is 5.75. The van der Waals surface area contributed by atoms with Gasteiger partial charge in [-0.2, -0.15) is 4.52 Å². The van der Waals surface area contributed by atoms with Crippen LogP contribution in [0.4, 0.5) is 5.82 Å². The number of ether oxygens (including phenoxy) is 1. The molecule has 2 aliphatic heterocycles. The summed E-state index contributed by atoms with van der Waals surface area (Å²) in [6, 6.07) is 12.0. The zero-order chi connectivity index (χ0) is 19.8. The van der Waals surface area contributed by atoms with Crippen LogP contribution in [-0.4, -0.2) is 63.4 Å². The molecular weight excluding hydrogens is 368 g/mol. The van der Waals surface area contributed by atoms with Crippen LogP contribution in [0, 0.1) is 6.92 Å². The molecule has 2 aromatic heterocycles. The molecule has 0 radical (unpaired) electrons. The Hall–Kier alpha value is -3.00. The second-order valence-corrected chi connectivity index (χ2v) is 7.57. The van der Waals surface area contributed by atoms with Gasteiger partial charge in [0.2, 0.25) is 0 Å². The summed E-state index contributed by atoms with van der Waals surface area (Å²) in [5.41, 5.74) is 2.97. The van der Waals surface area contributed by atoms with Gasteiger partial charge in [0.05, 0.1) is 6.61 Å². The summed E-state index contributed by atoms with van der Waals surface area (Å²) in [7, 11) is 0. The Labute approximate surface area is 169 Å². The van der Waals surface area contributed by atoms with E-state index in [0.717, 1.165) is 55.3 Å². The molecule has 0 spiro atoms. The molecule has 1 atom stereocenters. The lowest BCUT2D eigenvalue weighted by Gasteiger charge is -2.30. The van der Waals surface area contributed by atoms with Crippen molar-refractivity contribution in [3.05, 3.63) is 53.3 Å². The minimum Gasteiger partial charge on any atom is -0.363 e. The Balaban J connectivity index is 1.32. The lowest BCUT2D eigenvalue weighted by atomic mass is 9.97. The predicted octanol–water partition coefficient (Wildman–Crippen LogP) is 1.79. The number of nitrogens with zero attached hydrogens (tertiary/aromatic N) is 6. The quantitative estimate of drug-likeness (QED) is 0.662. The molecule has 0 aliphatic carbocycles. The van der Waals surface area contributed by atoms with E-state index in [1.807, 2.05) is 42.2 Å². The fourth-order valence-electron chi connectivity index (χ4n) is 4.19. The molecule has 4 heterocycles. The van der Waals surface area contributed by atoms with E-state index in [1.165, 1.54) is 5.56 Å². The van der Waals surface area contributed by atoms with Gasteiger partial charge in [-0.25, -0.2) is 0 Å². The number of fused-ring (bicyclic) bond motifs is 2. The first kappa shape index (κ1) is 18.1. The third kappa shape index (κ3) is 3.33. The molecule has 1 fully saturated rings. The number of amides is 1. The fraction of sp³-hybridized carbons (Fsp3) is 0.429. The number of benzene rings is 1. The van der Waals surface area contributed by atoms with Gasteiger partial charge < -0.3 is 14.5 Å². The Kier molecular flexibility index (Phi) is 4.63. The molecule has 8 heteroatoms. The Morgan fingerprint density at radius 1 is 1.07 bits per heavy atom. The highest BCUT2D eigenvalue weighted by atomic mass is 16.5.